The minimum absolute atomic E-state index is 0.581. The van der Waals surface area contributed by atoms with Crippen LogP contribution in [-0.4, -0.2) is 11.5 Å². The fourth-order valence-electron chi connectivity index (χ4n) is 2.03. The molecular formula is C16H18N4. The number of benzene rings is 1. The molecule has 0 saturated heterocycles. The number of nitriles is 1. The van der Waals surface area contributed by atoms with E-state index in [4.69, 9.17) is 11.0 Å². The van der Waals surface area contributed by atoms with Crippen LogP contribution >= 0.6 is 0 Å². The molecule has 4 nitrogen and oxygen atoms in total. The van der Waals surface area contributed by atoms with Crippen LogP contribution in [0.5, 0.6) is 0 Å². The van der Waals surface area contributed by atoms with Gasteiger partial charge >= 0.3 is 0 Å². The number of anilines is 2. The highest BCUT2D eigenvalue weighted by Gasteiger charge is 2.08. The lowest BCUT2D eigenvalue weighted by Crippen LogP contribution is -2.24. The van der Waals surface area contributed by atoms with Gasteiger partial charge in [-0.25, -0.2) is 4.98 Å². The van der Waals surface area contributed by atoms with Crippen molar-refractivity contribution in [3.8, 4) is 6.07 Å². The fourth-order valence-corrected chi connectivity index (χ4v) is 2.03. The Labute approximate surface area is 119 Å². The molecule has 20 heavy (non-hydrogen) atoms. The first-order chi connectivity index (χ1) is 9.72. The normalized spacial score (nSPS) is 10.0. The molecule has 1 heterocycles. The average molecular weight is 266 g/mol. The summed E-state index contributed by atoms with van der Waals surface area (Å²) in [5.74, 6) is 0.891. The monoisotopic (exact) mass is 266 g/mol. The molecule has 1 aromatic carbocycles. The van der Waals surface area contributed by atoms with E-state index in [1.807, 2.05) is 30.3 Å². The smallest absolute Gasteiger partial charge is 0.128 e. The van der Waals surface area contributed by atoms with Gasteiger partial charge in [0.05, 0.1) is 5.56 Å². The van der Waals surface area contributed by atoms with Crippen LogP contribution < -0.4 is 10.6 Å². The van der Waals surface area contributed by atoms with Crippen molar-refractivity contribution in [1.29, 1.82) is 5.26 Å². The quantitative estimate of drug-likeness (QED) is 0.845. The van der Waals surface area contributed by atoms with Crippen molar-refractivity contribution in [1.82, 2.24) is 4.98 Å². The van der Waals surface area contributed by atoms with Crippen LogP contribution in [0.25, 0.3) is 0 Å². The largest absolute Gasteiger partial charge is 0.399 e. The van der Waals surface area contributed by atoms with Crippen molar-refractivity contribution in [2.75, 3.05) is 17.2 Å². The zero-order chi connectivity index (χ0) is 14.4. The van der Waals surface area contributed by atoms with Gasteiger partial charge in [-0.05, 0) is 36.2 Å². The van der Waals surface area contributed by atoms with Crippen molar-refractivity contribution in [3.63, 3.8) is 0 Å². The number of nitrogens with two attached hydrogens (primary N) is 1. The van der Waals surface area contributed by atoms with Crippen LogP contribution in [0, 0.1) is 11.3 Å². The van der Waals surface area contributed by atoms with Crippen molar-refractivity contribution < 1.29 is 0 Å². The first-order valence-corrected chi connectivity index (χ1v) is 6.68. The fraction of sp³-hybridized carbons (Fsp3) is 0.250. The molecule has 2 aromatic rings. The van der Waals surface area contributed by atoms with Crippen LogP contribution in [0.2, 0.25) is 0 Å². The second-order valence-electron chi connectivity index (χ2n) is 4.68. The van der Waals surface area contributed by atoms with Gasteiger partial charge in [-0.1, -0.05) is 19.1 Å². The third-order valence-corrected chi connectivity index (χ3v) is 3.05. The Hall–Kier alpha value is -2.54. The SMILES string of the molecule is CCCN(Cc1ccc(N)cc1)c1ccc(C#N)cn1. The van der Waals surface area contributed by atoms with Crippen LogP contribution in [0.15, 0.2) is 42.6 Å². The predicted molar refractivity (Wildman–Crippen MR) is 81.1 cm³/mol. The van der Waals surface area contributed by atoms with Gasteiger partial charge < -0.3 is 10.6 Å². The summed E-state index contributed by atoms with van der Waals surface area (Å²) in [5.41, 5.74) is 8.25. The van der Waals surface area contributed by atoms with Gasteiger partial charge in [-0.15, -0.1) is 0 Å². The molecule has 2 rings (SSSR count). The molecule has 0 radical (unpaired) electrons. The highest BCUT2D eigenvalue weighted by Crippen LogP contribution is 2.16. The Balaban J connectivity index is 2.17. The molecule has 0 amide bonds. The average Bonchev–Trinajstić information content (AvgIpc) is 2.49. The third-order valence-electron chi connectivity index (χ3n) is 3.05. The maximum atomic E-state index is 8.82. The van der Waals surface area contributed by atoms with Gasteiger partial charge in [0.2, 0.25) is 0 Å². The third kappa shape index (κ3) is 3.48. The van der Waals surface area contributed by atoms with Crippen molar-refractivity contribution in [3.05, 3.63) is 53.7 Å². The lowest BCUT2D eigenvalue weighted by atomic mass is 10.2. The van der Waals surface area contributed by atoms with Gasteiger partial charge in [0.25, 0.3) is 0 Å². The summed E-state index contributed by atoms with van der Waals surface area (Å²) in [6.45, 7) is 3.84. The summed E-state index contributed by atoms with van der Waals surface area (Å²) in [6.07, 6.45) is 2.65. The van der Waals surface area contributed by atoms with E-state index >= 15 is 0 Å². The number of rotatable bonds is 5. The van der Waals surface area contributed by atoms with Gasteiger partial charge in [0.15, 0.2) is 0 Å². The second kappa shape index (κ2) is 6.58. The molecule has 0 bridgehead atoms. The van der Waals surface area contributed by atoms with E-state index in [0.717, 1.165) is 31.0 Å². The number of aromatic nitrogens is 1. The summed E-state index contributed by atoms with van der Waals surface area (Å²) in [4.78, 5) is 6.56. The topological polar surface area (TPSA) is 65.9 Å². The first-order valence-electron chi connectivity index (χ1n) is 6.68. The summed E-state index contributed by atoms with van der Waals surface area (Å²) >= 11 is 0. The molecule has 0 aliphatic heterocycles. The number of nitrogen functional groups attached to an aromatic ring is 1. The minimum atomic E-state index is 0.581. The van der Waals surface area contributed by atoms with Crippen LogP contribution in [0.3, 0.4) is 0 Å². The van der Waals surface area contributed by atoms with E-state index in [-0.39, 0.29) is 0 Å². The van der Waals surface area contributed by atoms with E-state index in [1.165, 1.54) is 5.56 Å². The van der Waals surface area contributed by atoms with Crippen molar-refractivity contribution >= 4 is 11.5 Å². The zero-order valence-electron chi connectivity index (χ0n) is 11.6. The first kappa shape index (κ1) is 13.9. The Morgan fingerprint density at radius 3 is 2.50 bits per heavy atom. The molecule has 0 aliphatic carbocycles. The second-order valence-corrected chi connectivity index (χ2v) is 4.68. The molecular weight excluding hydrogens is 248 g/mol. The van der Waals surface area contributed by atoms with Crippen molar-refractivity contribution in [2.24, 2.45) is 0 Å². The van der Waals surface area contributed by atoms with Gasteiger partial charge in [0.1, 0.15) is 11.9 Å². The standard InChI is InChI=1S/C16H18N4/c1-2-9-20(12-13-3-6-15(18)7-4-13)16-8-5-14(10-17)11-19-16/h3-8,11H,2,9,12,18H2,1H3. The maximum absolute atomic E-state index is 8.82. The maximum Gasteiger partial charge on any atom is 0.128 e. The zero-order valence-corrected chi connectivity index (χ0v) is 11.6. The van der Waals surface area contributed by atoms with E-state index < -0.39 is 0 Å². The predicted octanol–water partition coefficient (Wildman–Crippen LogP) is 2.95. The lowest BCUT2D eigenvalue weighted by molar-refractivity contribution is 0.755. The molecule has 2 N–H and O–H groups in total. The van der Waals surface area contributed by atoms with E-state index in [9.17, 15) is 0 Å². The summed E-state index contributed by atoms with van der Waals surface area (Å²) in [5, 5.41) is 8.82. The summed E-state index contributed by atoms with van der Waals surface area (Å²) in [6, 6.07) is 13.7. The lowest BCUT2D eigenvalue weighted by Gasteiger charge is -2.23. The van der Waals surface area contributed by atoms with Crippen LogP contribution in [0.4, 0.5) is 11.5 Å². The Morgan fingerprint density at radius 2 is 1.95 bits per heavy atom. The van der Waals surface area contributed by atoms with Gasteiger partial charge in [0, 0.05) is 25.0 Å². The molecule has 0 atom stereocenters. The molecule has 4 heteroatoms. The van der Waals surface area contributed by atoms with Crippen LogP contribution in [0.1, 0.15) is 24.5 Å². The van der Waals surface area contributed by atoms with E-state index in [2.05, 4.69) is 22.9 Å². The molecule has 0 aliphatic rings. The van der Waals surface area contributed by atoms with E-state index in [0.29, 0.717) is 5.56 Å². The molecule has 0 spiro atoms. The highest BCUT2D eigenvalue weighted by atomic mass is 15.2. The summed E-state index contributed by atoms with van der Waals surface area (Å²) in [7, 11) is 0. The van der Waals surface area contributed by atoms with Gasteiger partial charge in [-0.2, -0.15) is 5.26 Å². The van der Waals surface area contributed by atoms with Crippen LogP contribution in [-0.2, 0) is 6.54 Å². The highest BCUT2D eigenvalue weighted by molar-refractivity contribution is 5.44. The Kier molecular flexibility index (Phi) is 4.56. The molecule has 102 valence electrons. The number of hydrogen-bond acceptors (Lipinski definition) is 4. The number of nitrogens with zero attached hydrogens (tertiary/aromatic N) is 3. The Morgan fingerprint density at radius 1 is 1.20 bits per heavy atom. The number of hydrogen-bond donors (Lipinski definition) is 1. The van der Waals surface area contributed by atoms with Gasteiger partial charge in [-0.3, -0.25) is 0 Å². The van der Waals surface area contributed by atoms with Crippen molar-refractivity contribution in [2.45, 2.75) is 19.9 Å². The molecule has 1 aromatic heterocycles. The number of pyridine rings is 1. The van der Waals surface area contributed by atoms with E-state index in [1.54, 1.807) is 12.3 Å². The molecule has 0 saturated carbocycles. The molecule has 0 fully saturated rings. The molecule has 0 unspecified atom stereocenters. The Bertz CT molecular complexity index is 581. The summed E-state index contributed by atoms with van der Waals surface area (Å²) < 4.78 is 0. The minimum Gasteiger partial charge on any atom is -0.399 e.